The normalized spacial score (nSPS) is 14.3. The van der Waals surface area contributed by atoms with Gasteiger partial charge >= 0.3 is 85.6 Å². The lowest BCUT2D eigenvalue weighted by Gasteiger charge is -2.47. The van der Waals surface area contributed by atoms with Gasteiger partial charge < -0.3 is 45.3 Å². The Morgan fingerprint density at radius 1 is 0.239 bits per heavy atom. The lowest BCUT2D eigenvalue weighted by molar-refractivity contribution is 0.255. The van der Waals surface area contributed by atoms with Crippen molar-refractivity contribution >= 4 is 124 Å². The first kappa shape index (κ1) is 58.6. The van der Waals surface area contributed by atoms with Crippen LogP contribution in [0.3, 0.4) is 0 Å². The molecule has 0 atom stereocenters. The van der Waals surface area contributed by atoms with Crippen LogP contribution in [0, 0.1) is 0 Å². The topological polar surface area (TPSA) is 102 Å². The Morgan fingerprint density at radius 2 is 0.448 bits per heavy atom. The first-order valence-electron chi connectivity index (χ1n) is 23.5. The van der Waals surface area contributed by atoms with Gasteiger partial charge in [0.05, 0.1) is 0 Å². The van der Waals surface area contributed by atoms with Crippen molar-refractivity contribution in [3.05, 3.63) is 121 Å². The Kier molecular flexibility index (Phi) is 20.0. The fourth-order valence-electron chi connectivity index (χ4n) is 9.26. The Balaban J connectivity index is 1.65. The summed E-state index contributed by atoms with van der Waals surface area (Å²) in [4.78, 5) is 0. The van der Waals surface area contributed by atoms with E-state index in [1.165, 1.54) is 0 Å². The predicted molar refractivity (Wildman–Crippen MR) is 305 cm³/mol. The van der Waals surface area contributed by atoms with E-state index in [0.29, 0.717) is 0 Å². The van der Waals surface area contributed by atoms with E-state index in [-0.39, 0.29) is 0 Å². The highest BCUT2D eigenvalue weighted by molar-refractivity contribution is 7.08. The second-order valence-corrected chi connectivity index (χ2v) is 61.7. The third kappa shape index (κ3) is 18.2. The lowest BCUT2D eigenvalue weighted by atomic mass is 10.4. The van der Waals surface area contributed by atoms with Crippen LogP contribution in [0.5, 0.6) is 0 Å². The molecule has 372 valence electrons. The fraction of sp³-hybridized carbons (Fsp3) is 0.455. The van der Waals surface area contributed by atoms with Gasteiger partial charge in [0.25, 0.3) is 0 Å². The van der Waals surface area contributed by atoms with Crippen LogP contribution in [-0.2, 0) is 45.3 Å². The van der Waals surface area contributed by atoms with Crippen LogP contribution in [0.1, 0.15) is 0 Å². The van der Waals surface area contributed by atoms with Crippen LogP contribution in [0.2, 0.25) is 131 Å². The third-order valence-electron chi connectivity index (χ3n) is 9.65. The molecule has 0 spiro atoms. The summed E-state index contributed by atoms with van der Waals surface area (Å²) in [5.74, 6) is 0. The Bertz CT molecular complexity index is 2060. The smallest absolute Gasteiger partial charge is 0.389 e. The molecule has 0 aliphatic carbocycles. The summed E-state index contributed by atoms with van der Waals surface area (Å²) >= 11 is 0. The zero-order chi connectivity index (χ0) is 50.4. The van der Waals surface area contributed by atoms with Gasteiger partial charge in [0.15, 0.2) is 18.1 Å². The van der Waals surface area contributed by atoms with Gasteiger partial charge in [-0.15, -0.1) is 0 Å². The Labute approximate surface area is 419 Å². The van der Waals surface area contributed by atoms with Crippen LogP contribution in [0.15, 0.2) is 121 Å². The largest absolute Gasteiger partial charge is 0.440 e. The lowest BCUT2D eigenvalue weighted by Crippen LogP contribution is -2.78. The van der Waals surface area contributed by atoms with Crippen molar-refractivity contribution in [2.24, 2.45) is 0 Å². The minimum Gasteiger partial charge on any atom is -0.440 e. The van der Waals surface area contributed by atoms with Crippen LogP contribution in [0.4, 0.5) is 0 Å². The van der Waals surface area contributed by atoms with E-state index in [0.717, 1.165) is 20.7 Å². The fourth-order valence-corrected chi connectivity index (χ4v) is 66.7. The van der Waals surface area contributed by atoms with Crippen molar-refractivity contribution in [3.63, 3.8) is 0 Å². The summed E-state index contributed by atoms with van der Waals surface area (Å²) < 4.78 is 78.2. The zero-order valence-corrected chi connectivity index (χ0v) is 56.5. The summed E-state index contributed by atoms with van der Waals surface area (Å²) in [7, 11) is -32.6. The first-order valence-corrected chi connectivity index (χ1v) is 55.2. The molecule has 67 heavy (non-hydrogen) atoms. The predicted octanol–water partition coefficient (Wildman–Crippen LogP) is 9.26. The van der Waals surface area contributed by atoms with E-state index >= 15 is 0 Å². The SMILES string of the molecule is C[SiH](C)O[Si](C)(C)O[Si](C)(C)O[Si](C)(C)O[Si](C)(C)O[Si](C)(C)O[Si](C)(C)O[Si](C)(C)O[Si](C)(C)O[Si](O[Si](O[SiH](C)C)(c1ccccc1)c1ccccc1)(c1ccccc1)c1ccccc1. The summed E-state index contributed by atoms with van der Waals surface area (Å²) in [6.45, 7) is 42.2. The molecule has 23 heteroatoms. The summed E-state index contributed by atoms with van der Waals surface area (Å²) in [6, 6.07) is 41.8. The second-order valence-electron chi connectivity index (χ2n) is 21.1. The number of benzene rings is 4. The van der Waals surface area contributed by atoms with Crippen molar-refractivity contribution in [1.82, 2.24) is 0 Å². The molecule has 0 heterocycles. The quantitative estimate of drug-likeness (QED) is 0.0563. The van der Waals surface area contributed by atoms with E-state index in [1.54, 1.807) is 0 Å². The zero-order valence-electron chi connectivity index (χ0n) is 44.2. The van der Waals surface area contributed by atoms with E-state index in [9.17, 15) is 0 Å². The second kappa shape index (κ2) is 22.9. The minimum absolute atomic E-state index is 0.975. The van der Waals surface area contributed by atoms with Crippen LogP contribution in [0.25, 0.3) is 0 Å². The highest BCUT2D eigenvalue weighted by Crippen LogP contribution is 2.31. The molecule has 0 aliphatic heterocycles. The highest BCUT2D eigenvalue weighted by Gasteiger charge is 2.58. The van der Waals surface area contributed by atoms with Crippen LogP contribution >= 0.6 is 0 Å². The average Bonchev–Trinajstić information content (AvgIpc) is 3.14. The molecular formula is C44H82O11Si12. The number of hydrogen-bond acceptors (Lipinski definition) is 11. The van der Waals surface area contributed by atoms with Crippen LogP contribution in [-0.4, -0.2) is 104 Å². The Morgan fingerprint density at radius 3 is 0.687 bits per heavy atom. The molecule has 0 fully saturated rings. The molecule has 0 amide bonds. The molecule has 4 rings (SSSR count). The molecule has 4 aromatic rings. The van der Waals surface area contributed by atoms with Crippen molar-refractivity contribution in [2.45, 2.75) is 131 Å². The van der Waals surface area contributed by atoms with E-state index in [2.05, 4.69) is 228 Å². The number of rotatable bonds is 26. The average molecular weight is 1120 g/mol. The molecule has 0 bridgehead atoms. The van der Waals surface area contributed by atoms with Crippen molar-refractivity contribution in [3.8, 4) is 0 Å². The molecule has 0 radical (unpaired) electrons. The van der Waals surface area contributed by atoms with Crippen molar-refractivity contribution in [1.29, 1.82) is 0 Å². The minimum atomic E-state index is -3.72. The monoisotopic (exact) mass is 1120 g/mol. The van der Waals surface area contributed by atoms with E-state index in [4.69, 9.17) is 45.3 Å². The molecule has 11 nitrogen and oxygen atoms in total. The van der Waals surface area contributed by atoms with E-state index < -0.39 is 104 Å². The molecule has 0 aromatic heterocycles. The summed E-state index contributed by atoms with van der Waals surface area (Å²) in [6.07, 6.45) is 0. The first-order chi connectivity index (χ1) is 30.6. The highest BCUT2D eigenvalue weighted by atomic mass is 28.5. The summed E-state index contributed by atoms with van der Waals surface area (Å²) in [5, 5.41) is 4.01. The van der Waals surface area contributed by atoms with Crippen LogP contribution < -0.4 is 20.7 Å². The van der Waals surface area contributed by atoms with Gasteiger partial charge in [-0.25, -0.2) is 0 Å². The van der Waals surface area contributed by atoms with Gasteiger partial charge in [-0.3, -0.25) is 0 Å². The molecule has 0 N–H and O–H groups in total. The Hall–Kier alpha value is -0.957. The molecule has 4 aromatic carbocycles. The van der Waals surface area contributed by atoms with Gasteiger partial charge in [0.2, 0.25) is 0 Å². The van der Waals surface area contributed by atoms with E-state index in [1.807, 2.05) is 24.3 Å². The maximum absolute atomic E-state index is 8.09. The number of hydrogen-bond donors (Lipinski definition) is 0. The third-order valence-corrected chi connectivity index (χ3v) is 54.3. The van der Waals surface area contributed by atoms with Crippen molar-refractivity contribution < 1.29 is 45.3 Å². The molecule has 0 saturated heterocycles. The maximum atomic E-state index is 8.09. The molecule has 0 saturated carbocycles. The van der Waals surface area contributed by atoms with Gasteiger partial charge in [-0.2, -0.15) is 0 Å². The van der Waals surface area contributed by atoms with Gasteiger partial charge in [-0.1, -0.05) is 121 Å². The summed E-state index contributed by atoms with van der Waals surface area (Å²) in [5.41, 5.74) is 0. The van der Waals surface area contributed by atoms with Gasteiger partial charge in [-0.05, 0) is 152 Å². The maximum Gasteiger partial charge on any atom is 0.389 e. The van der Waals surface area contributed by atoms with Gasteiger partial charge in [0.1, 0.15) is 0 Å². The van der Waals surface area contributed by atoms with Gasteiger partial charge in [0, 0.05) is 0 Å². The standard InChI is InChI=1S/C44H82O11Si12/c1-56(2)45-58(5,6)47-59(7,8)48-60(9,10)49-61(11,12)50-62(13,14)51-63(15,16)52-64(17,18)53-65(19,20)54-67(43-37-29-23-30-38-43,44-39-31-24-32-40-44)55-66(46-57(3)4,41-33-25-21-26-34-41)42-35-27-22-28-36-42/h21-40,56-57H,1-20H3. The molecule has 0 unspecified atom stereocenters. The van der Waals surface area contributed by atoms with Crippen molar-refractivity contribution in [2.75, 3.05) is 0 Å². The molecule has 0 aliphatic rings. The molecular weight excluding hydrogens is 1040 g/mol.